The molecule has 2 aromatic carbocycles. The maximum Gasteiger partial charge on any atom is 0.252 e. The summed E-state index contributed by atoms with van der Waals surface area (Å²) in [5, 5.41) is 0. The molecule has 0 unspecified atom stereocenters. The van der Waals surface area contributed by atoms with Crippen LogP contribution in [0.4, 0.5) is 0 Å². The molecule has 0 radical (unpaired) electrons. The summed E-state index contributed by atoms with van der Waals surface area (Å²) < 4.78 is 16.8. The highest BCUT2D eigenvalue weighted by molar-refractivity contribution is 5.96. The van der Waals surface area contributed by atoms with Gasteiger partial charge >= 0.3 is 0 Å². The number of benzene rings is 2. The van der Waals surface area contributed by atoms with E-state index in [-0.39, 0.29) is 12.2 Å². The minimum absolute atomic E-state index is 0.128. The van der Waals surface area contributed by atoms with Crippen molar-refractivity contribution in [1.82, 2.24) is 4.98 Å². The normalized spacial score (nSPS) is 10.5. The van der Waals surface area contributed by atoms with Gasteiger partial charge in [0.15, 0.2) is 11.5 Å². The van der Waals surface area contributed by atoms with Crippen molar-refractivity contribution in [2.24, 2.45) is 5.73 Å². The Morgan fingerprint density at radius 3 is 2.60 bits per heavy atom. The minimum Gasteiger partial charge on any atom is -0.493 e. The van der Waals surface area contributed by atoms with Crippen molar-refractivity contribution in [2.75, 3.05) is 7.11 Å². The average molecular weight is 338 g/mol. The summed E-state index contributed by atoms with van der Waals surface area (Å²) in [6.45, 7) is 1.94. The molecule has 1 heterocycles. The Bertz CT molecular complexity index is 888. The van der Waals surface area contributed by atoms with Crippen LogP contribution < -0.4 is 15.2 Å². The quantitative estimate of drug-likeness (QED) is 0.745. The van der Waals surface area contributed by atoms with Crippen LogP contribution in [0.25, 0.3) is 11.5 Å². The van der Waals surface area contributed by atoms with Gasteiger partial charge in [0.25, 0.3) is 5.91 Å². The van der Waals surface area contributed by atoms with Crippen molar-refractivity contribution in [3.63, 3.8) is 0 Å². The number of amides is 1. The van der Waals surface area contributed by atoms with Gasteiger partial charge in [-0.25, -0.2) is 4.98 Å². The first-order chi connectivity index (χ1) is 12.1. The van der Waals surface area contributed by atoms with Gasteiger partial charge in [0, 0.05) is 5.56 Å². The fourth-order valence-corrected chi connectivity index (χ4v) is 2.43. The molecule has 25 heavy (non-hydrogen) atoms. The van der Waals surface area contributed by atoms with Gasteiger partial charge in [0.1, 0.15) is 18.1 Å². The molecule has 0 saturated heterocycles. The van der Waals surface area contributed by atoms with E-state index >= 15 is 0 Å². The van der Waals surface area contributed by atoms with Crippen molar-refractivity contribution in [3.8, 4) is 23.0 Å². The summed E-state index contributed by atoms with van der Waals surface area (Å²) in [5.74, 6) is 1.30. The fraction of sp³-hybridized carbons (Fsp3) is 0.158. The van der Waals surface area contributed by atoms with Gasteiger partial charge in [-0.05, 0) is 31.2 Å². The standard InChI is InChI=1S/C19H18N2O4/c1-12-15(21-19(25-12)13-7-4-3-5-8-13)11-24-17-14(18(20)22)9-6-10-16(17)23-2/h3-10H,11H2,1-2H3,(H2,20,22). The van der Waals surface area contributed by atoms with Crippen LogP contribution in [-0.2, 0) is 6.61 Å². The van der Waals surface area contributed by atoms with Crippen LogP contribution in [-0.4, -0.2) is 18.0 Å². The van der Waals surface area contributed by atoms with Crippen LogP contribution in [0.3, 0.4) is 0 Å². The zero-order valence-corrected chi connectivity index (χ0v) is 14.0. The minimum atomic E-state index is -0.587. The van der Waals surface area contributed by atoms with Crippen LogP contribution in [0.5, 0.6) is 11.5 Å². The van der Waals surface area contributed by atoms with Crippen molar-refractivity contribution in [1.29, 1.82) is 0 Å². The molecule has 0 saturated carbocycles. The highest BCUT2D eigenvalue weighted by Gasteiger charge is 2.17. The predicted octanol–water partition coefficient (Wildman–Crippen LogP) is 3.34. The van der Waals surface area contributed by atoms with Crippen molar-refractivity contribution in [2.45, 2.75) is 13.5 Å². The van der Waals surface area contributed by atoms with E-state index in [9.17, 15) is 4.79 Å². The number of rotatable bonds is 6. The predicted molar refractivity (Wildman–Crippen MR) is 92.5 cm³/mol. The Morgan fingerprint density at radius 2 is 1.92 bits per heavy atom. The van der Waals surface area contributed by atoms with Crippen LogP contribution >= 0.6 is 0 Å². The SMILES string of the molecule is COc1cccc(C(N)=O)c1OCc1nc(-c2ccccc2)oc1C. The number of hydrogen-bond donors (Lipinski definition) is 1. The smallest absolute Gasteiger partial charge is 0.252 e. The first kappa shape index (κ1) is 16.6. The highest BCUT2D eigenvalue weighted by atomic mass is 16.5. The fourth-order valence-electron chi connectivity index (χ4n) is 2.43. The van der Waals surface area contributed by atoms with E-state index in [1.165, 1.54) is 7.11 Å². The molecule has 0 spiro atoms. The maximum atomic E-state index is 11.6. The first-order valence-electron chi connectivity index (χ1n) is 7.71. The summed E-state index contributed by atoms with van der Waals surface area (Å²) in [4.78, 5) is 16.1. The third-order valence-electron chi connectivity index (χ3n) is 3.73. The van der Waals surface area contributed by atoms with E-state index in [1.54, 1.807) is 18.2 Å². The number of carbonyl (C=O) groups excluding carboxylic acids is 1. The monoisotopic (exact) mass is 338 g/mol. The number of methoxy groups -OCH3 is 1. The number of hydrogen-bond acceptors (Lipinski definition) is 5. The summed E-state index contributed by atoms with van der Waals surface area (Å²) in [7, 11) is 1.50. The van der Waals surface area contributed by atoms with Gasteiger partial charge in [0.05, 0.1) is 12.7 Å². The van der Waals surface area contributed by atoms with Gasteiger partial charge in [-0.1, -0.05) is 24.3 Å². The number of aryl methyl sites for hydroxylation is 1. The molecule has 0 aliphatic heterocycles. The molecule has 0 aliphatic carbocycles. The average Bonchev–Trinajstić information content (AvgIpc) is 3.01. The third-order valence-corrected chi connectivity index (χ3v) is 3.73. The summed E-state index contributed by atoms with van der Waals surface area (Å²) in [6, 6.07) is 14.6. The molecule has 0 atom stereocenters. The lowest BCUT2D eigenvalue weighted by atomic mass is 10.1. The number of nitrogens with zero attached hydrogens (tertiary/aromatic N) is 1. The molecule has 3 aromatic rings. The van der Waals surface area contributed by atoms with Crippen LogP contribution in [0, 0.1) is 6.92 Å². The van der Waals surface area contributed by atoms with Gasteiger partial charge in [-0.2, -0.15) is 0 Å². The van der Waals surface area contributed by atoms with E-state index in [4.69, 9.17) is 19.6 Å². The number of para-hydroxylation sites is 1. The molecule has 1 aromatic heterocycles. The highest BCUT2D eigenvalue weighted by Crippen LogP contribution is 2.32. The Morgan fingerprint density at radius 1 is 1.16 bits per heavy atom. The van der Waals surface area contributed by atoms with Gasteiger partial charge in [-0.3, -0.25) is 4.79 Å². The van der Waals surface area contributed by atoms with E-state index in [0.29, 0.717) is 28.8 Å². The lowest BCUT2D eigenvalue weighted by Gasteiger charge is -2.12. The molecule has 6 heteroatoms. The largest absolute Gasteiger partial charge is 0.493 e. The zero-order valence-electron chi connectivity index (χ0n) is 14.0. The third kappa shape index (κ3) is 3.47. The number of ether oxygens (including phenoxy) is 2. The molecule has 0 aliphatic rings. The second-order valence-electron chi connectivity index (χ2n) is 5.38. The molecular formula is C19H18N2O4. The number of carbonyl (C=O) groups is 1. The van der Waals surface area contributed by atoms with E-state index in [0.717, 1.165) is 5.56 Å². The molecule has 128 valence electrons. The summed E-state index contributed by atoms with van der Waals surface area (Å²) >= 11 is 0. The zero-order chi connectivity index (χ0) is 17.8. The topological polar surface area (TPSA) is 87.6 Å². The molecular weight excluding hydrogens is 320 g/mol. The number of nitrogens with two attached hydrogens (primary N) is 1. The molecule has 0 fully saturated rings. The van der Waals surface area contributed by atoms with Gasteiger partial charge in [-0.15, -0.1) is 0 Å². The lowest BCUT2D eigenvalue weighted by molar-refractivity contribution is 0.0995. The summed E-state index contributed by atoms with van der Waals surface area (Å²) in [5.41, 5.74) is 7.18. The molecule has 1 amide bonds. The Hall–Kier alpha value is -3.28. The number of oxazole rings is 1. The maximum absolute atomic E-state index is 11.6. The van der Waals surface area contributed by atoms with Crippen LogP contribution in [0.1, 0.15) is 21.8 Å². The van der Waals surface area contributed by atoms with Crippen molar-refractivity contribution >= 4 is 5.91 Å². The van der Waals surface area contributed by atoms with Crippen LogP contribution in [0.15, 0.2) is 52.9 Å². The lowest BCUT2D eigenvalue weighted by Crippen LogP contribution is -2.13. The van der Waals surface area contributed by atoms with Crippen molar-refractivity contribution in [3.05, 3.63) is 65.5 Å². The second kappa shape index (κ2) is 7.09. The number of primary amides is 1. The van der Waals surface area contributed by atoms with E-state index < -0.39 is 5.91 Å². The van der Waals surface area contributed by atoms with Gasteiger partial charge in [0.2, 0.25) is 5.89 Å². The summed E-state index contributed by atoms with van der Waals surface area (Å²) in [6.07, 6.45) is 0. The first-order valence-corrected chi connectivity index (χ1v) is 7.71. The Labute approximate surface area is 145 Å². The van der Waals surface area contributed by atoms with Crippen molar-refractivity contribution < 1.29 is 18.7 Å². The van der Waals surface area contributed by atoms with Gasteiger partial charge < -0.3 is 19.6 Å². The molecule has 0 bridgehead atoms. The Balaban J connectivity index is 1.86. The second-order valence-corrected chi connectivity index (χ2v) is 5.38. The number of aromatic nitrogens is 1. The Kier molecular flexibility index (Phi) is 4.70. The molecule has 3 rings (SSSR count). The molecule has 6 nitrogen and oxygen atoms in total. The van der Waals surface area contributed by atoms with Crippen LogP contribution in [0.2, 0.25) is 0 Å². The van der Waals surface area contributed by atoms with E-state index in [2.05, 4.69) is 4.98 Å². The van der Waals surface area contributed by atoms with E-state index in [1.807, 2.05) is 37.3 Å². The molecule has 2 N–H and O–H groups in total.